The normalized spacial score (nSPS) is 11.9. The average molecular weight is 300 g/mol. The van der Waals surface area contributed by atoms with Crippen LogP contribution in [0.15, 0.2) is 47.5 Å². The van der Waals surface area contributed by atoms with Crippen molar-refractivity contribution in [2.75, 3.05) is 6.54 Å². The molecule has 0 saturated carbocycles. The lowest BCUT2D eigenvalue weighted by molar-refractivity contribution is 0.350. The summed E-state index contributed by atoms with van der Waals surface area (Å²) in [5.41, 5.74) is 8.30. The van der Waals surface area contributed by atoms with Crippen LogP contribution in [-0.2, 0) is 6.42 Å². The minimum atomic E-state index is -0.215. The van der Waals surface area contributed by atoms with Crippen LogP contribution in [0.1, 0.15) is 24.5 Å². The fourth-order valence-electron chi connectivity index (χ4n) is 2.06. The van der Waals surface area contributed by atoms with Gasteiger partial charge in [-0.15, -0.1) is 0 Å². The van der Waals surface area contributed by atoms with Crippen LogP contribution in [-0.4, -0.2) is 12.4 Å². The SMILES string of the molecule is CCCN=C(N)Cc1cccc(C)c1.Fc1c2cccc1O2. The molecule has 0 saturated heterocycles. The first-order chi connectivity index (χ1) is 10.6. The van der Waals surface area contributed by atoms with E-state index in [1.165, 1.54) is 11.1 Å². The summed E-state index contributed by atoms with van der Waals surface area (Å²) in [6.45, 7) is 5.02. The van der Waals surface area contributed by atoms with E-state index in [1.807, 2.05) is 0 Å². The van der Waals surface area contributed by atoms with Crippen molar-refractivity contribution in [3.05, 3.63) is 59.4 Å². The highest BCUT2D eigenvalue weighted by atomic mass is 19.1. The minimum absolute atomic E-state index is 0.215. The number of nitrogens with two attached hydrogens (primary N) is 1. The minimum Gasteiger partial charge on any atom is -0.451 e. The predicted octanol–water partition coefficient (Wildman–Crippen LogP) is 4.24. The third-order valence-electron chi connectivity index (χ3n) is 3.15. The zero-order chi connectivity index (χ0) is 15.9. The van der Waals surface area contributed by atoms with Gasteiger partial charge in [0.05, 0.1) is 5.84 Å². The first kappa shape index (κ1) is 16.0. The number of benzene rings is 2. The number of rotatable bonds is 4. The molecule has 0 amide bonds. The Labute approximate surface area is 130 Å². The van der Waals surface area contributed by atoms with E-state index in [0.717, 1.165) is 25.2 Å². The number of hydrogen-bond donors (Lipinski definition) is 1. The Morgan fingerprint density at radius 1 is 1.18 bits per heavy atom. The standard InChI is InChI=1S/C12H18N2.C6H3FO/c1-3-7-14-12(13)9-11-6-4-5-10(2)8-11;7-6-4-2-1-3-5(6)8-4/h4-6,8H,3,7,9H2,1-2H3,(H2,13,14);1-3H. The van der Waals surface area contributed by atoms with E-state index >= 15 is 0 Å². The van der Waals surface area contributed by atoms with Crippen LogP contribution >= 0.6 is 0 Å². The average Bonchev–Trinajstić information content (AvgIpc) is 2.53. The number of nitrogens with zero attached hydrogens (tertiary/aromatic N) is 1. The molecule has 2 aromatic carbocycles. The van der Waals surface area contributed by atoms with Crippen LogP contribution in [0.5, 0.6) is 11.5 Å². The fourth-order valence-corrected chi connectivity index (χ4v) is 2.06. The second kappa shape index (κ2) is 7.59. The Morgan fingerprint density at radius 2 is 1.86 bits per heavy atom. The Kier molecular flexibility index (Phi) is 5.53. The highest BCUT2D eigenvalue weighted by Gasteiger charge is 2.19. The van der Waals surface area contributed by atoms with Gasteiger partial charge in [0.25, 0.3) is 0 Å². The van der Waals surface area contributed by atoms with Gasteiger partial charge < -0.3 is 10.5 Å². The molecule has 0 aromatic heterocycles. The monoisotopic (exact) mass is 300 g/mol. The van der Waals surface area contributed by atoms with Crippen molar-refractivity contribution in [3.8, 4) is 11.5 Å². The largest absolute Gasteiger partial charge is 0.451 e. The third-order valence-corrected chi connectivity index (χ3v) is 3.15. The summed E-state index contributed by atoms with van der Waals surface area (Å²) in [4.78, 5) is 4.26. The molecule has 22 heavy (non-hydrogen) atoms. The summed E-state index contributed by atoms with van der Waals surface area (Å²) < 4.78 is 17.0. The maximum absolute atomic E-state index is 12.3. The molecule has 0 atom stereocenters. The molecule has 0 radical (unpaired) electrons. The molecule has 3 nitrogen and oxygen atoms in total. The van der Waals surface area contributed by atoms with Crippen LogP contribution in [0.3, 0.4) is 0 Å². The molecule has 4 heteroatoms. The lowest BCUT2D eigenvalue weighted by atomic mass is 10.1. The van der Waals surface area contributed by atoms with Crippen molar-refractivity contribution >= 4 is 5.84 Å². The zero-order valence-electron chi connectivity index (χ0n) is 13.0. The number of halogens is 1. The summed E-state index contributed by atoms with van der Waals surface area (Å²) in [5, 5.41) is 0. The molecule has 0 spiro atoms. The van der Waals surface area contributed by atoms with Gasteiger partial charge >= 0.3 is 0 Å². The second-order valence-corrected chi connectivity index (χ2v) is 5.21. The third kappa shape index (κ3) is 4.32. The van der Waals surface area contributed by atoms with Crippen molar-refractivity contribution in [2.45, 2.75) is 26.7 Å². The highest BCUT2D eigenvalue weighted by molar-refractivity contribution is 5.82. The van der Waals surface area contributed by atoms with E-state index in [9.17, 15) is 4.39 Å². The molecular weight excluding hydrogens is 279 g/mol. The van der Waals surface area contributed by atoms with Gasteiger partial charge in [0.1, 0.15) is 0 Å². The van der Waals surface area contributed by atoms with Gasteiger partial charge in [-0.2, -0.15) is 4.39 Å². The van der Waals surface area contributed by atoms with Crippen LogP contribution in [0.2, 0.25) is 0 Å². The van der Waals surface area contributed by atoms with Crippen LogP contribution in [0, 0.1) is 12.7 Å². The molecule has 0 aliphatic carbocycles. The van der Waals surface area contributed by atoms with Crippen molar-refractivity contribution in [1.82, 2.24) is 0 Å². The number of hydrogen-bond acceptors (Lipinski definition) is 2. The first-order valence-electron chi connectivity index (χ1n) is 7.41. The lowest BCUT2D eigenvalue weighted by Gasteiger charge is -2.16. The van der Waals surface area contributed by atoms with Crippen molar-refractivity contribution in [1.29, 1.82) is 0 Å². The molecule has 2 heterocycles. The molecule has 2 bridgehead atoms. The molecule has 116 valence electrons. The van der Waals surface area contributed by atoms with Crippen molar-refractivity contribution < 1.29 is 9.13 Å². The summed E-state index contributed by atoms with van der Waals surface area (Å²) in [6, 6.07) is 13.3. The van der Waals surface area contributed by atoms with Crippen molar-refractivity contribution in [2.24, 2.45) is 10.7 Å². The van der Waals surface area contributed by atoms with Gasteiger partial charge in [-0.1, -0.05) is 42.8 Å². The van der Waals surface area contributed by atoms with Crippen molar-refractivity contribution in [3.63, 3.8) is 0 Å². The number of aliphatic imine (C=N–C) groups is 1. The van der Waals surface area contributed by atoms with Gasteiger partial charge in [0.15, 0.2) is 11.5 Å². The number of ether oxygens (including phenoxy) is 1. The molecule has 2 aliphatic rings. The number of aryl methyl sites for hydroxylation is 1. The predicted molar refractivity (Wildman–Crippen MR) is 88.1 cm³/mol. The van der Waals surface area contributed by atoms with Crippen LogP contribution < -0.4 is 10.5 Å². The van der Waals surface area contributed by atoms with E-state index < -0.39 is 0 Å². The highest BCUT2D eigenvalue weighted by Crippen LogP contribution is 2.39. The Bertz CT molecular complexity index is 648. The van der Waals surface area contributed by atoms with Gasteiger partial charge in [-0.25, -0.2) is 0 Å². The Morgan fingerprint density at radius 3 is 2.36 bits per heavy atom. The quantitative estimate of drug-likeness (QED) is 0.579. The lowest BCUT2D eigenvalue weighted by Crippen LogP contribution is -2.15. The van der Waals surface area contributed by atoms with Crippen LogP contribution in [0.4, 0.5) is 4.39 Å². The molecule has 4 rings (SSSR count). The number of amidine groups is 1. The van der Waals surface area contributed by atoms with Gasteiger partial charge in [0.2, 0.25) is 5.82 Å². The van der Waals surface area contributed by atoms with Gasteiger partial charge in [0, 0.05) is 13.0 Å². The zero-order valence-corrected chi connectivity index (χ0v) is 13.0. The molecule has 2 N–H and O–H groups in total. The van der Waals surface area contributed by atoms with Gasteiger partial charge in [-0.05, 0) is 31.0 Å². The Balaban J connectivity index is 0.000000183. The maximum Gasteiger partial charge on any atom is 0.208 e. The van der Waals surface area contributed by atoms with E-state index in [1.54, 1.807) is 18.2 Å². The van der Waals surface area contributed by atoms with E-state index in [-0.39, 0.29) is 5.82 Å². The van der Waals surface area contributed by atoms with E-state index in [4.69, 9.17) is 10.5 Å². The Hall–Kier alpha value is -2.36. The maximum atomic E-state index is 12.3. The molecule has 2 aromatic rings. The molecular formula is C18H21FN2O. The van der Waals surface area contributed by atoms with Crippen LogP contribution in [0.25, 0.3) is 0 Å². The molecule has 2 aliphatic heterocycles. The summed E-state index contributed by atoms with van der Waals surface area (Å²) in [7, 11) is 0. The fraction of sp³-hybridized carbons (Fsp3) is 0.278. The summed E-state index contributed by atoms with van der Waals surface area (Å²) >= 11 is 0. The van der Waals surface area contributed by atoms with E-state index in [2.05, 4.69) is 43.1 Å². The summed E-state index contributed by atoms with van der Waals surface area (Å²) in [6.07, 6.45) is 1.82. The smallest absolute Gasteiger partial charge is 0.208 e. The second-order valence-electron chi connectivity index (χ2n) is 5.21. The topological polar surface area (TPSA) is 47.6 Å². The first-order valence-corrected chi connectivity index (χ1v) is 7.41. The number of fused-ring (bicyclic) bond motifs is 2. The summed E-state index contributed by atoms with van der Waals surface area (Å²) in [5.74, 6) is 1.25. The molecule has 0 unspecified atom stereocenters. The molecule has 0 fully saturated rings. The van der Waals surface area contributed by atoms with E-state index in [0.29, 0.717) is 11.5 Å². The van der Waals surface area contributed by atoms with Gasteiger partial charge in [-0.3, -0.25) is 4.99 Å².